The summed E-state index contributed by atoms with van der Waals surface area (Å²) in [5, 5.41) is 13.4. The fourth-order valence-electron chi connectivity index (χ4n) is 5.04. The lowest BCUT2D eigenvalue weighted by molar-refractivity contribution is 0.206. The van der Waals surface area contributed by atoms with Crippen LogP contribution in [0.3, 0.4) is 0 Å². The van der Waals surface area contributed by atoms with Crippen LogP contribution in [0.15, 0.2) is 48.7 Å². The molecule has 9 nitrogen and oxygen atoms in total. The Morgan fingerprint density at radius 2 is 2.05 bits per heavy atom. The number of nitrogens with one attached hydrogen (secondary N) is 1. The Morgan fingerprint density at radius 1 is 1.24 bits per heavy atom. The van der Waals surface area contributed by atoms with Crippen molar-refractivity contribution < 1.29 is 8.42 Å². The Morgan fingerprint density at radius 3 is 2.73 bits per heavy atom. The molecule has 2 aromatic heterocycles. The number of benzene rings is 2. The molecule has 0 bridgehead atoms. The minimum Gasteiger partial charge on any atom is -0.389 e. The lowest BCUT2D eigenvalue weighted by atomic mass is 9.95. The number of anilines is 2. The molecule has 0 amide bonds. The van der Waals surface area contributed by atoms with Crippen molar-refractivity contribution in [1.82, 2.24) is 19.1 Å². The number of thiocarbonyl (C=S) groups is 1. The molecule has 1 aliphatic rings. The van der Waals surface area contributed by atoms with Gasteiger partial charge in [-0.05, 0) is 35.6 Å². The van der Waals surface area contributed by atoms with Gasteiger partial charge >= 0.3 is 0 Å². The largest absolute Gasteiger partial charge is 0.389 e. The molecule has 37 heavy (non-hydrogen) atoms. The van der Waals surface area contributed by atoms with Crippen LogP contribution < -0.4 is 16.8 Å². The van der Waals surface area contributed by atoms with E-state index < -0.39 is 10.0 Å². The molecule has 1 saturated heterocycles. The third-order valence-electron chi connectivity index (χ3n) is 6.89. The molecule has 5 rings (SSSR count). The van der Waals surface area contributed by atoms with Crippen LogP contribution in [-0.4, -0.2) is 51.8 Å². The number of hydrogen-bond acceptors (Lipinski definition) is 8. The first-order chi connectivity index (χ1) is 17.6. The van der Waals surface area contributed by atoms with Gasteiger partial charge in [0.05, 0.1) is 6.26 Å². The summed E-state index contributed by atoms with van der Waals surface area (Å²) in [5.41, 5.74) is 16.7. The number of sulfonamides is 1. The van der Waals surface area contributed by atoms with Crippen LogP contribution in [0.5, 0.6) is 0 Å². The SMILES string of the molecule is CC1CN(S(C)(=O)=O)CCC1n1cc(-c2cccc(C(N)=S)c2)c2ccc(CNc3nnc(N)s3)cc21. The zero-order chi connectivity index (χ0) is 26.3. The zero-order valence-electron chi connectivity index (χ0n) is 20.6. The Balaban J connectivity index is 1.56. The number of hydrogen-bond donors (Lipinski definition) is 3. The van der Waals surface area contributed by atoms with Gasteiger partial charge in [-0.2, -0.15) is 0 Å². The first kappa shape index (κ1) is 25.6. The Hall–Kier alpha value is -3.06. The summed E-state index contributed by atoms with van der Waals surface area (Å²) in [4.78, 5) is 0.359. The van der Waals surface area contributed by atoms with Gasteiger partial charge in [-0.3, -0.25) is 0 Å². The number of aromatic nitrogens is 3. The van der Waals surface area contributed by atoms with Gasteiger partial charge in [-0.25, -0.2) is 12.7 Å². The van der Waals surface area contributed by atoms with Gasteiger partial charge in [0, 0.05) is 53.9 Å². The monoisotopic (exact) mass is 555 g/mol. The van der Waals surface area contributed by atoms with Crippen molar-refractivity contribution in [2.45, 2.75) is 25.9 Å². The molecule has 0 saturated carbocycles. The van der Waals surface area contributed by atoms with E-state index in [2.05, 4.69) is 57.5 Å². The lowest BCUT2D eigenvalue weighted by Gasteiger charge is -2.36. The standard InChI is InChI=1S/C25H29N7O2S3/c1-15-13-31(37(2,33)34)9-8-21(15)32-14-20(17-4-3-5-18(11-17)23(26)35)19-7-6-16(10-22(19)32)12-28-25-30-29-24(27)36-25/h3-7,10-11,14-15,21H,8-9,12-13H2,1-2H3,(H2,26,35)(H2,27,29)(H,28,30). The van der Waals surface area contributed by atoms with Crippen LogP contribution >= 0.6 is 23.6 Å². The van der Waals surface area contributed by atoms with Crippen molar-refractivity contribution in [3.63, 3.8) is 0 Å². The first-order valence-electron chi connectivity index (χ1n) is 11.9. The highest BCUT2D eigenvalue weighted by molar-refractivity contribution is 7.88. The fraction of sp³-hybridized carbons (Fsp3) is 0.320. The summed E-state index contributed by atoms with van der Waals surface area (Å²) in [7, 11) is -3.22. The highest BCUT2D eigenvalue weighted by Crippen LogP contribution is 2.38. The van der Waals surface area contributed by atoms with Gasteiger partial charge in [-0.15, -0.1) is 10.2 Å². The molecule has 0 radical (unpaired) electrons. The minimum absolute atomic E-state index is 0.140. The van der Waals surface area contributed by atoms with E-state index in [9.17, 15) is 8.42 Å². The number of piperidine rings is 1. The minimum atomic E-state index is -3.22. The first-order valence-corrected chi connectivity index (χ1v) is 15.0. The second-order valence-corrected chi connectivity index (χ2v) is 12.9. The maximum Gasteiger partial charge on any atom is 0.211 e. The Kier molecular flexibility index (Phi) is 6.92. The Bertz CT molecular complexity index is 1580. The van der Waals surface area contributed by atoms with Crippen LogP contribution in [0.4, 0.5) is 10.3 Å². The maximum atomic E-state index is 12.2. The molecule has 3 heterocycles. The number of nitrogen functional groups attached to an aromatic ring is 1. The molecule has 4 aromatic rings. The van der Waals surface area contributed by atoms with Crippen molar-refractivity contribution in [2.24, 2.45) is 11.7 Å². The van der Waals surface area contributed by atoms with Crippen LogP contribution in [0.1, 0.15) is 30.5 Å². The fourth-order valence-corrected chi connectivity index (χ4v) is 6.62. The van der Waals surface area contributed by atoms with E-state index in [0.717, 1.165) is 39.6 Å². The molecule has 194 valence electrons. The van der Waals surface area contributed by atoms with Crippen molar-refractivity contribution >= 4 is 59.7 Å². The van der Waals surface area contributed by atoms with Crippen LogP contribution in [0.25, 0.3) is 22.0 Å². The highest BCUT2D eigenvalue weighted by Gasteiger charge is 2.32. The summed E-state index contributed by atoms with van der Waals surface area (Å²) in [6, 6.07) is 14.5. The van der Waals surface area contributed by atoms with E-state index >= 15 is 0 Å². The zero-order valence-corrected chi connectivity index (χ0v) is 23.0. The maximum absolute atomic E-state index is 12.2. The van der Waals surface area contributed by atoms with Gasteiger partial charge in [0.1, 0.15) is 4.99 Å². The van der Waals surface area contributed by atoms with Gasteiger partial charge in [0.2, 0.25) is 20.3 Å². The Labute approximate surface area is 225 Å². The smallest absolute Gasteiger partial charge is 0.211 e. The summed E-state index contributed by atoms with van der Waals surface area (Å²) in [6.45, 7) is 3.69. The van der Waals surface area contributed by atoms with E-state index in [1.54, 1.807) is 4.31 Å². The molecule has 2 atom stereocenters. The summed E-state index contributed by atoms with van der Waals surface area (Å²) < 4.78 is 28.2. The summed E-state index contributed by atoms with van der Waals surface area (Å²) in [6.07, 6.45) is 4.20. The highest BCUT2D eigenvalue weighted by atomic mass is 32.2. The van der Waals surface area contributed by atoms with Gasteiger partial charge in [0.15, 0.2) is 0 Å². The predicted octanol–water partition coefficient (Wildman–Crippen LogP) is 3.83. The van der Waals surface area contributed by atoms with Crippen LogP contribution in [-0.2, 0) is 16.6 Å². The number of nitrogens with two attached hydrogens (primary N) is 2. The summed E-state index contributed by atoms with van der Waals surface area (Å²) in [5.74, 6) is 0.140. The summed E-state index contributed by atoms with van der Waals surface area (Å²) >= 11 is 6.52. The van der Waals surface area contributed by atoms with E-state index in [0.29, 0.717) is 34.9 Å². The van der Waals surface area contributed by atoms with Gasteiger partial charge in [-0.1, -0.05) is 60.8 Å². The van der Waals surface area contributed by atoms with Crippen molar-refractivity contribution in [3.8, 4) is 11.1 Å². The van der Waals surface area contributed by atoms with E-state index in [1.165, 1.54) is 17.6 Å². The molecule has 0 spiro atoms. The molecule has 5 N–H and O–H groups in total. The van der Waals surface area contributed by atoms with E-state index in [1.807, 2.05) is 18.2 Å². The third-order valence-corrected chi connectivity index (χ3v) is 9.11. The number of nitrogens with zero attached hydrogens (tertiary/aromatic N) is 4. The quantitative estimate of drug-likeness (QED) is 0.293. The molecule has 1 fully saturated rings. The normalized spacial score (nSPS) is 18.8. The topological polar surface area (TPSA) is 132 Å². The number of rotatable bonds is 7. The van der Waals surface area contributed by atoms with E-state index in [-0.39, 0.29) is 12.0 Å². The molecular formula is C25H29N7O2S3. The van der Waals surface area contributed by atoms with Gasteiger partial charge < -0.3 is 21.4 Å². The third kappa shape index (κ3) is 5.33. The second kappa shape index (κ2) is 10.0. The lowest BCUT2D eigenvalue weighted by Crippen LogP contribution is -2.42. The van der Waals surface area contributed by atoms with Gasteiger partial charge in [0.25, 0.3) is 0 Å². The van der Waals surface area contributed by atoms with Crippen LogP contribution in [0.2, 0.25) is 0 Å². The average Bonchev–Trinajstić information content (AvgIpc) is 3.45. The molecular weight excluding hydrogens is 527 g/mol. The van der Waals surface area contributed by atoms with Crippen LogP contribution in [0, 0.1) is 5.92 Å². The average molecular weight is 556 g/mol. The molecule has 2 unspecified atom stereocenters. The second-order valence-electron chi connectivity index (χ2n) is 9.50. The van der Waals surface area contributed by atoms with Crippen molar-refractivity contribution in [3.05, 3.63) is 59.8 Å². The van der Waals surface area contributed by atoms with Crippen molar-refractivity contribution in [1.29, 1.82) is 0 Å². The molecule has 2 aromatic carbocycles. The predicted molar refractivity (Wildman–Crippen MR) is 154 cm³/mol. The molecule has 1 aliphatic heterocycles. The molecule has 0 aliphatic carbocycles. The van der Waals surface area contributed by atoms with E-state index in [4.69, 9.17) is 23.7 Å². The van der Waals surface area contributed by atoms with Crippen molar-refractivity contribution in [2.75, 3.05) is 30.4 Å². The molecule has 12 heteroatoms. The number of fused-ring (bicyclic) bond motifs is 1.